The van der Waals surface area contributed by atoms with Gasteiger partial charge >= 0.3 is 0 Å². The van der Waals surface area contributed by atoms with Crippen molar-refractivity contribution in [1.29, 1.82) is 0 Å². The third-order valence-electron chi connectivity index (χ3n) is 2.43. The van der Waals surface area contributed by atoms with Gasteiger partial charge in [0.1, 0.15) is 0 Å². The second-order valence-electron chi connectivity index (χ2n) is 3.77. The lowest BCUT2D eigenvalue weighted by Gasteiger charge is -2.16. The normalized spacial score (nSPS) is 12.1. The standard InChI is InChI=1S/C13H18N2/c1-5-6-7-13(14-4)12-8-10(2)15-11(3)9-12/h1,8-9,13-14H,6-7H2,2-4H3. The summed E-state index contributed by atoms with van der Waals surface area (Å²) < 4.78 is 0. The first-order valence-electron chi connectivity index (χ1n) is 5.23. The molecule has 0 aliphatic heterocycles. The van der Waals surface area contributed by atoms with Crippen LogP contribution in [0.15, 0.2) is 12.1 Å². The summed E-state index contributed by atoms with van der Waals surface area (Å²) >= 11 is 0. The summed E-state index contributed by atoms with van der Waals surface area (Å²) in [7, 11) is 1.96. The Balaban J connectivity index is 2.87. The van der Waals surface area contributed by atoms with Crippen LogP contribution in [0.5, 0.6) is 0 Å². The molecule has 0 aliphatic carbocycles. The van der Waals surface area contributed by atoms with E-state index in [1.807, 2.05) is 20.9 Å². The van der Waals surface area contributed by atoms with Crippen LogP contribution in [0.4, 0.5) is 0 Å². The molecule has 1 aromatic rings. The molecule has 1 rings (SSSR count). The number of terminal acetylenes is 1. The van der Waals surface area contributed by atoms with Gasteiger partial charge in [0.05, 0.1) is 0 Å². The Bertz CT molecular complexity index is 343. The van der Waals surface area contributed by atoms with Crippen LogP contribution in [0.25, 0.3) is 0 Å². The highest BCUT2D eigenvalue weighted by Gasteiger charge is 2.09. The fraction of sp³-hybridized carbons (Fsp3) is 0.462. The number of pyridine rings is 1. The lowest BCUT2D eigenvalue weighted by Crippen LogP contribution is -2.16. The molecule has 1 aromatic heterocycles. The van der Waals surface area contributed by atoms with E-state index in [1.54, 1.807) is 0 Å². The maximum absolute atomic E-state index is 5.28. The third-order valence-corrected chi connectivity index (χ3v) is 2.43. The van der Waals surface area contributed by atoms with E-state index < -0.39 is 0 Å². The number of aromatic nitrogens is 1. The van der Waals surface area contributed by atoms with Crippen LogP contribution in [0.1, 0.15) is 35.8 Å². The minimum Gasteiger partial charge on any atom is -0.313 e. The highest BCUT2D eigenvalue weighted by atomic mass is 14.9. The second kappa shape index (κ2) is 5.53. The van der Waals surface area contributed by atoms with E-state index in [2.05, 4.69) is 28.4 Å². The van der Waals surface area contributed by atoms with E-state index in [-0.39, 0.29) is 0 Å². The Kier molecular flexibility index (Phi) is 4.33. The fourth-order valence-corrected chi connectivity index (χ4v) is 1.77. The van der Waals surface area contributed by atoms with Crippen molar-refractivity contribution in [2.75, 3.05) is 7.05 Å². The average Bonchev–Trinajstić information content (AvgIpc) is 2.17. The molecule has 0 saturated heterocycles. The van der Waals surface area contributed by atoms with E-state index in [4.69, 9.17) is 6.42 Å². The van der Waals surface area contributed by atoms with Crippen molar-refractivity contribution in [3.05, 3.63) is 29.1 Å². The van der Waals surface area contributed by atoms with Gasteiger partial charge in [-0.05, 0) is 45.0 Å². The predicted octanol–water partition coefficient (Wildman–Crippen LogP) is 2.37. The maximum Gasteiger partial charge on any atom is 0.0379 e. The van der Waals surface area contributed by atoms with Crippen molar-refractivity contribution in [2.24, 2.45) is 0 Å². The van der Waals surface area contributed by atoms with Gasteiger partial charge in [-0.15, -0.1) is 12.3 Å². The van der Waals surface area contributed by atoms with Crippen molar-refractivity contribution in [1.82, 2.24) is 10.3 Å². The molecule has 2 nitrogen and oxygen atoms in total. The first-order chi connectivity index (χ1) is 7.17. The summed E-state index contributed by atoms with van der Waals surface area (Å²) in [6.45, 7) is 4.04. The first kappa shape index (κ1) is 11.7. The molecule has 1 N–H and O–H groups in total. The zero-order valence-electron chi connectivity index (χ0n) is 9.67. The molecule has 0 amide bonds. The lowest BCUT2D eigenvalue weighted by atomic mass is 10.0. The molecule has 80 valence electrons. The van der Waals surface area contributed by atoms with Crippen molar-refractivity contribution in [3.63, 3.8) is 0 Å². The third kappa shape index (κ3) is 3.38. The van der Waals surface area contributed by atoms with E-state index in [0.717, 1.165) is 24.2 Å². The molecule has 0 radical (unpaired) electrons. The SMILES string of the molecule is C#CCCC(NC)c1cc(C)nc(C)c1. The van der Waals surface area contributed by atoms with Crippen LogP contribution in [-0.2, 0) is 0 Å². The second-order valence-corrected chi connectivity index (χ2v) is 3.77. The molecule has 1 heterocycles. The van der Waals surface area contributed by atoms with Crippen LogP contribution in [-0.4, -0.2) is 12.0 Å². The Morgan fingerprint density at radius 3 is 2.47 bits per heavy atom. The molecule has 0 fully saturated rings. The van der Waals surface area contributed by atoms with Gasteiger partial charge in [0.25, 0.3) is 0 Å². The van der Waals surface area contributed by atoms with Crippen molar-refractivity contribution < 1.29 is 0 Å². The van der Waals surface area contributed by atoms with Gasteiger partial charge < -0.3 is 5.32 Å². The van der Waals surface area contributed by atoms with Crippen molar-refractivity contribution in [3.8, 4) is 12.3 Å². The van der Waals surface area contributed by atoms with Crippen molar-refractivity contribution in [2.45, 2.75) is 32.7 Å². The van der Waals surface area contributed by atoms with Gasteiger partial charge in [0.15, 0.2) is 0 Å². The molecule has 0 aromatic carbocycles. The number of aryl methyl sites for hydroxylation is 2. The summed E-state index contributed by atoms with van der Waals surface area (Å²) in [5, 5.41) is 3.28. The van der Waals surface area contributed by atoms with E-state index >= 15 is 0 Å². The Labute approximate surface area is 92.1 Å². The summed E-state index contributed by atoms with van der Waals surface area (Å²) in [5.74, 6) is 2.68. The topological polar surface area (TPSA) is 24.9 Å². The molecular formula is C13H18N2. The van der Waals surface area contributed by atoms with Gasteiger partial charge in [0, 0.05) is 23.9 Å². The first-order valence-corrected chi connectivity index (χ1v) is 5.23. The molecule has 0 saturated carbocycles. The average molecular weight is 202 g/mol. The quantitative estimate of drug-likeness (QED) is 0.758. The minimum atomic E-state index is 0.335. The zero-order chi connectivity index (χ0) is 11.3. The lowest BCUT2D eigenvalue weighted by molar-refractivity contribution is 0.557. The number of rotatable bonds is 4. The van der Waals surface area contributed by atoms with Gasteiger partial charge in [-0.3, -0.25) is 4.98 Å². The summed E-state index contributed by atoms with van der Waals surface area (Å²) in [6.07, 6.45) is 7.04. The van der Waals surface area contributed by atoms with Gasteiger partial charge in [-0.1, -0.05) is 0 Å². The maximum atomic E-state index is 5.28. The van der Waals surface area contributed by atoms with Crippen LogP contribution in [0, 0.1) is 26.2 Å². The summed E-state index contributed by atoms with van der Waals surface area (Å²) in [4.78, 5) is 4.36. The Hall–Kier alpha value is -1.33. The monoisotopic (exact) mass is 202 g/mol. The highest BCUT2D eigenvalue weighted by molar-refractivity contribution is 5.23. The molecule has 15 heavy (non-hydrogen) atoms. The summed E-state index contributed by atoms with van der Waals surface area (Å²) in [5.41, 5.74) is 3.40. The largest absolute Gasteiger partial charge is 0.313 e. The Morgan fingerprint density at radius 2 is 2.00 bits per heavy atom. The molecule has 0 aliphatic rings. The van der Waals surface area contributed by atoms with Crippen molar-refractivity contribution >= 4 is 0 Å². The molecule has 0 spiro atoms. The summed E-state index contributed by atoms with van der Waals surface area (Å²) in [6, 6.07) is 4.57. The van der Waals surface area contributed by atoms with Crippen LogP contribution in [0.3, 0.4) is 0 Å². The molecule has 2 heteroatoms. The number of hydrogen-bond donors (Lipinski definition) is 1. The number of hydrogen-bond acceptors (Lipinski definition) is 2. The highest BCUT2D eigenvalue weighted by Crippen LogP contribution is 2.19. The zero-order valence-corrected chi connectivity index (χ0v) is 9.67. The van der Waals surface area contributed by atoms with Gasteiger partial charge in [-0.25, -0.2) is 0 Å². The molecule has 1 unspecified atom stereocenters. The number of nitrogens with one attached hydrogen (secondary N) is 1. The molecule has 1 atom stereocenters. The van der Waals surface area contributed by atoms with Crippen LogP contribution in [0.2, 0.25) is 0 Å². The van der Waals surface area contributed by atoms with Gasteiger partial charge in [0.2, 0.25) is 0 Å². The smallest absolute Gasteiger partial charge is 0.0379 e. The number of nitrogens with zero attached hydrogens (tertiary/aromatic N) is 1. The Morgan fingerprint density at radius 1 is 1.40 bits per heavy atom. The minimum absolute atomic E-state index is 0.335. The van der Waals surface area contributed by atoms with Gasteiger partial charge in [-0.2, -0.15) is 0 Å². The van der Waals surface area contributed by atoms with Crippen LogP contribution < -0.4 is 5.32 Å². The molecular weight excluding hydrogens is 184 g/mol. The van der Waals surface area contributed by atoms with E-state index in [9.17, 15) is 0 Å². The predicted molar refractivity (Wildman–Crippen MR) is 63.6 cm³/mol. The van der Waals surface area contributed by atoms with E-state index in [1.165, 1.54) is 5.56 Å². The fourth-order valence-electron chi connectivity index (χ4n) is 1.77. The van der Waals surface area contributed by atoms with Crippen LogP contribution >= 0.6 is 0 Å². The van der Waals surface area contributed by atoms with E-state index in [0.29, 0.717) is 6.04 Å². The molecule has 0 bridgehead atoms.